The molecule has 0 aliphatic heterocycles. The van der Waals surface area contributed by atoms with Crippen molar-refractivity contribution < 1.29 is 9.59 Å². The van der Waals surface area contributed by atoms with Crippen molar-refractivity contribution in [2.24, 2.45) is 0 Å². The zero-order valence-electron chi connectivity index (χ0n) is 16.9. The second-order valence-corrected chi connectivity index (χ2v) is 8.40. The van der Waals surface area contributed by atoms with Crippen molar-refractivity contribution in [1.29, 1.82) is 0 Å². The van der Waals surface area contributed by atoms with Gasteiger partial charge in [-0.3, -0.25) is 19.5 Å². The summed E-state index contributed by atoms with van der Waals surface area (Å²) in [6, 6.07) is 9.28. The molecule has 9 heteroatoms. The van der Waals surface area contributed by atoms with Crippen molar-refractivity contribution in [2.45, 2.75) is 38.8 Å². The van der Waals surface area contributed by atoms with Gasteiger partial charge < -0.3 is 5.32 Å². The number of benzene rings is 1. The van der Waals surface area contributed by atoms with Gasteiger partial charge in [0.1, 0.15) is 6.04 Å². The summed E-state index contributed by atoms with van der Waals surface area (Å²) in [5, 5.41) is 9.04. The van der Waals surface area contributed by atoms with Crippen LogP contribution in [-0.2, 0) is 4.79 Å². The molecule has 2 aromatic heterocycles. The van der Waals surface area contributed by atoms with Gasteiger partial charge in [0.05, 0.1) is 0 Å². The molecule has 3 aromatic rings. The van der Waals surface area contributed by atoms with Crippen molar-refractivity contribution in [1.82, 2.24) is 19.9 Å². The topological polar surface area (TPSA) is 88.1 Å². The highest BCUT2D eigenvalue weighted by atomic mass is 35.5. The molecule has 1 N–H and O–H groups in total. The van der Waals surface area contributed by atoms with Gasteiger partial charge in [-0.15, -0.1) is 5.10 Å². The monoisotopic (exact) mass is 443 g/mol. The molecule has 0 saturated heterocycles. The van der Waals surface area contributed by atoms with E-state index >= 15 is 0 Å². The van der Waals surface area contributed by atoms with Gasteiger partial charge in [-0.05, 0) is 62.1 Å². The summed E-state index contributed by atoms with van der Waals surface area (Å²) in [5.41, 5.74) is 0.796. The second-order valence-electron chi connectivity index (χ2n) is 7.36. The molecule has 2 amide bonds. The van der Waals surface area contributed by atoms with Gasteiger partial charge in [-0.25, -0.2) is 0 Å². The predicted octanol–water partition coefficient (Wildman–Crippen LogP) is 4.28. The predicted molar refractivity (Wildman–Crippen MR) is 118 cm³/mol. The zero-order chi connectivity index (χ0) is 21.7. The lowest BCUT2D eigenvalue weighted by atomic mass is 9.99. The maximum absolute atomic E-state index is 13.5. The van der Waals surface area contributed by atoms with E-state index in [0.29, 0.717) is 16.3 Å². The van der Waals surface area contributed by atoms with E-state index < -0.39 is 17.5 Å². The van der Waals surface area contributed by atoms with Gasteiger partial charge in [0, 0.05) is 39.6 Å². The number of carbonyl (C=O) groups excluding carboxylic acids is 2. The average molecular weight is 444 g/mol. The van der Waals surface area contributed by atoms with Crippen LogP contribution in [0.25, 0.3) is 0 Å². The summed E-state index contributed by atoms with van der Waals surface area (Å²) < 4.78 is 3.79. The van der Waals surface area contributed by atoms with Crippen LogP contribution in [0.2, 0.25) is 5.02 Å². The molecule has 3 rings (SSSR count). The molecule has 2 heterocycles. The highest BCUT2D eigenvalue weighted by molar-refractivity contribution is 7.03. The summed E-state index contributed by atoms with van der Waals surface area (Å²) in [5.74, 6) is -0.759. The van der Waals surface area contributed by atoms with Crippen LogP contribution in [0.15, 0.2) is 54.2 Å². The Labute approximate surface area is 184 Å². The van der Waals surface area contributed by atoms with Gasteiger partial charge in [0.15, 0.2) is 5.69 Å². The molecule has 0 aliphatic carbocycles. The van der Waals surface area contributed by atoms with Gasteiger partial charge in [0.2, 0.25) is 5.91 Å². The molecular weight excluding hydrogens is 422 g/mol. The molecule has 0 fully saturated rings. The van der Waals surface area contributed by atoms with Crippen LogP contribution < -0.4 is 10.2 Å². The van der Waals surface area contributed by atoms with Gasteiger partial charge in [0.25, 0.3) is 5.91 Å². The number of hydrogen-bond acceptors (Lipinski definition) is 6. The highest BCUT2D eigenvalue weighted by Crippen LogP contribution is 2.31. The van der Waals surface area contributed by atoms with E-state index in [9.17, 15) is 9.59 Å². The maximum atomic E-state index is 13.5. The van der Waals surface area contributed by atoms with Crippen molar-refractivity contribution in [3.63, 3.8) is 0 Å². The van der Waals surface area contributed by atoms with Crippen LogP contribution in [0, 0.1) is 0 Å². The minimum Gasteiger partial charge on any atom is -0.349 e. The van der Waals surface area contributed by atoms with Crippen LogP contribution in [0.4, 0.5) is 5.69 Å². The first kappa shape index (κ1) is 21.9. The molecule has 0 unspecified atom stereocenters. The molecule has 0 spiro atoms. The average Bonchev–Trinajstić information content (AvgIpc) is 3.27. The van der Waals surface area contributed by atoms with E-state index in [-0.39, 0.29) is 11.6 Å². The third-order valence-corrected chi connectivity index (χ3v) is 5.51. The molecule has 0 radical (unpaired) electrons. The summed E-state index contributed by atoms with van der Waals surface area (Å²) in [4.78, 5) is 32.5. The number of nitrogens with one attached hydrogen (secondary N) is 1. The Kier molecular flexibility index (Phi) is 6.79. The Morgan fingerprint density at radius 2 is 1.97 bits per heavy atom. The number of amides is 2. The standard InChI is InChI=1S/C21H22ClN5O2S/c1-4-21(2,3)24-19(28)18(14-6-5-11-23-12-14)27(16-9-7-15(22)8-10-16)20(29)17-13-30-26-25-17/h5-13,18H,4H2,1-3H3,(H,24,28)/t18-/m1/s1. The van der Waals surface area contributed by atoms with E-state index in [0.717, 1.165) is 18.0 Å². The van der Waals surface area contributed by atoms with Crippen molar-refractivity contribution >= 4 is 40.6 Å². The zero-order valence-corrected chi connectivity index (χ0v) is 18.4. The van der Waals surface area contributed by atoms with E-state index in [1.807, 2.05) is 20.8 Å². The van der Waals surface area contributed by atoms with Gasteiger partial charge in [-0.2, -0.15) is 0 Å². The number of rotatable bonds is 7. The van der Waals surface area contributed by atoms with Gasteiger partial charge >= 0.3 is 0 Å². The van der Waals surface area contributed by atoms with E-state index in [1.54, 1.807) is 54.2 Å². The molecule has 7 nitrogen and oxygen atoms in total. The number of anilines is 1. The molecule has 30 heavy (non-hydrogen) atoms. The first-order valence-electron chi connectivity index (χ1n) is 9.40. The number of carbonyl (C=O) groups is 2. The van der Waals surface area contributed by atoms with E-state index in [1.165, 1.54) is 4.90 Å². The smallest absolute Gasteiger partial charge is 0.280 e. The van der Waals surface area contributed by atoms with Crippen molar-refractivity contribution in [3.8, 4) is 0 Å². The molecule has 0 bridgehead atoms. The summed E-state index contributed by atoms with van der Waals surface area (Å²) in [6.07, 6.45) is 3.93. The summed E-state index contributed by atoms with van der Waals surface area (Å²) >= 11 is 7.12. The van der Waals surface area contributed by atoms with Crippen LogP contribution in [0.5, 0.6) is 0 Å². The van der Waals surface area contributed by atoms with Gasteiger partial charge in [-0.1, -0.05) is 29.1 Å². The Hall–Kier alpha value is -2.84. The van der Waals surface area contributed by atoms with Crippen molar-refractivity contribution in [2.75, 3.05) is 4.90 Å². The fourth-order valence-electron chi connectivity index (χ4n) is 2.81. The summed E-state index contributed by atoms with van der Waals surface area (Å²) in [7, 11) is 0. The van der Waals surface area contributed by atoms with Crippen LogP contribution in [-0.4, -0.2) is 31.9 Å². The first-order chi connectivity index (χ1) is 14.3. The number of hydrogen-bond donors (Lipinski definition) is 1. The molecule has 1 atom stereocenters. The van der Waals surface area contributed by atoms with Crippen LogP contribution in [0.3, 0.4) is 0 Å². The largest absolute Gasteiger partial charge is 0.349 e. The highest BCUT2D eigenvalue weighted by Gasteiger charge is 2.36. The number of halogens is 1. The van der Waals surface area contributed by atoms with Crippen LogP contribution >= 0.6 is 23.1 Å². The third-order valence-electron chi connectivity index (χ3n) is 4.75. The Balaban J connectivity index is 2.14. The molecule has 1 aromatic carbocycles. The van der Waals surface area contributed by atoms with Crippen molar-refractivity contribution in [3.05, 3.63) is 70.5 Å². The number of pyridine rings is 1. The van der Waals surface area contributed by atoms with E-state index in [2.05, 4.69) is 19.9 Å². The Morgan fingerprint density at radius 3 is 2.53 bits per heavy atom. The first-order valence-corrected chi connectivity index (χ1v) is 10.6. The second kappa shape index (κ2) is 9.32. The lowest BCUT2D eigenvalue weighted by Crippen LogP contribution is -2.50. The molecular formula is C21H22ClN5O2S. The Bertz CT molecular complexity index is 994. The fourth-order valence-corrected chi connectivity index (χ4v) is 3.37. The number of aromatic nitrogens is 3. The lowest BCUT2D eigenvalue weighted by molar-refractivity contribution is -0.124. The Morgan fingerprint density at radius 1 is 1.23 bits per heavy atom. The molecule has 156 valence electrons. The minimum atomic E-state index is -0.958. The minimum absolute atomic E-state index is 0.159. The third kappa shape index (κ3) is 5.01. The summed E-state index contributed by atoms with van der Waals surface area (Å²) in [6.45, 7) is 5.86. The quantitative estimate of drug-likeness (QED) is 0.588. The van der Waals surface area contributed by atoms with Crippen LogP contribution in [0.1, 0.15) is 49.3 Å². The lowest BCUT2D eigenvalue weighted by Gasteiger charge is -2.34. The SMILES string of the molecule is CCC(C)(C)NC(=O)[C@@H](c1cccnc1)N(C(=O)c1csnn1)c1ccc(Cl)cc1. The maximum Gasteiger partial charge on any atom is 0.280 e. The molecule has 0 saturated carbocycles. The number of nitrogens with zero attached hydrogens (tertiary/aromatic N) is 4. The molecule has 0 aliphatic rings. The fraction of sp³-hybridized carbons (Fsp3) is 0.286. The normalized spacial score (nSPS) is 12.3. The van der Waals surface area contributed by atoms with E-state index in [4.69, 9.17) is 11.6 Å².